The highest BCUT2D eigenvalue weighted by molar-refractivity contribution is 5.42. The lowest BCUT2D eigenvalue weighted by Crippen LogP contribution is -2.49. The number of hydrogen-bond acceptors (Lipinski definition) is 5. The first-order valence-electron chi connectivity index (χ1n) is 7.39. The van der Waals surface area contributed by atoms with Crippen molar-refractivity contribution in [2.75, 3.05) is 25.2 Å². The van der Waals surface area contributed by atoms with Gasteiger partial charge < -0.3 is 14.4 Å². The number of ether oxygens (including phenoxy) is 2. The number of anilines is 1. The van der Waals surface area contributed by atoms with Crippen LogP contribution in [0, 0.1) is 6.92 Å². The summed E-state index contributed by atoms with van der Waals surface area (Å²) in [6.45, 7) is 8.49. The van der Waals surface area contributed by atoms with Crippen LogP contribution in [0.1, 0.15) is 38.2 Å². The van der Waals surface area contributed by atoms with Gasteiger partial charge in [0.05, 0.1) is 18.8 Å². The monoisotopic (exact) mass is 279 g/mol. The fraction of sp³-hybridized carbons (Fsp3) is 0.733. The Bertz CT molecular complexity index is 439. The van der Waals surface area contributed by atoms with Gasteiger partial charge in [-0.15, -0.1) is 0 Å². The van der Waals surface area contributed by atoms with Crippen LogP contribution < -0.4 is 4.90 Å². The lowest BCUT2D eigenvalue weighted by atomic mass is 10.1. The predicted molar refractivity (Wildman–Crippen MR) is 78.9 cm³/mol. The average Bonchev–Trinajstić information content (AvgIpc) is 2.46. The molecule has 0 bridgehead atoms. The molecule has 1 fully saturated rings. The summed E-state index contributed by atoms with van der Waals surface area (Å²) in [6, 6.07) is 2.45. The number of methoxy groups -OCH3 is 1. The molecule has 0 saturated carbocycles. The fourth-order valence-electron chi connectivity index (χ4n) is 2.58. The first kappa shape index (κ1) is 15.2. The van der Waals surface area contributed by atoms with Crippen LogP contribution >= 0.6 is 0 Å². The molecule has 5 nitrogen and oxygen atoms in total. The Morgan fingerprint density at radius 2 is 2.15 bits per heavy atom. The summed E-state index contributed by atoms with van der Waals surface area (Å²) in [5.41, 5.74) is 0.983. The van der Waals surface area contributed by atoms with Crippen molar-refractivity contribution in [3.8, 4) is 0 Å². The maximum absolute atomic E-state index is 5.88. The Hall–Kier alpha value is -1.20. The van der Waals surface area contributed by atoms with Gasteiger partial charge in [0.2, 0.25) is 0 Å². The molecular formula is C15H25N3O2. The molecule has 0 spiro atoms. The van der Waals surface area contributed by atoms with Gasteiger partial charge in [-0.2, -0.15) is 0 Å². The molecule has 20 heavy (non-hydrogen) atoms. The second kappa shape index (κ2) is 6.99. The summed E-state index contributed by atoms with van der Waals surface area (Å²) in [6.07, 6.45) is 2.38. The van der Waals surface area contributed by atoms with E-state index in [1.807, 2.05) is 6.92 Å². The zero-order chi connectivity index (χ0) is 14.5. The van der Waals surface area contributed by atoms with E-state index < -0.39 is 0 Å². The Kier molecular flexibility index (Phi) is 5.31. The molecule has 112 valence electrons. The third-order valence-electron chi connectivity index (χ3n) is 3.75. The molecule has 1 aromatic heterocycles. The molecule has 1 aromatic rings. The van der Waals surface area contributed by atoms with Gasteiger partial charge in [0.1, 0.15) is 12.4 Å². The van der Waals surface area contributed by atoms with Gasteiger partial charge in [-0.1, -0.05) is 13.8 Å². The van der Waals surface area contributed by atoms with Crippen LogP contribution in [0.5, 0.6) is 0 Å². The molecule has 0 radical (unpaired) electrons. The van der Waals surface area contributed by atoms with Gasteiger partial charge in [0, 0.05) is 25.4 Å². The highest BCUT2D eigenvalue weighted by atomic mass is 16.5. The van der Waals surface area contributed by atoms with Crippen LogP contribution in [0.25, 0.3) is 0 Å². The van der Waals surface area contributed by atoms with Crippen molar-refractivity contribution in [1.82, 2.24) is 9.97 Å². The Balaban J connectivity index is 2.26. The molecule has 1 aliphatic rings. The van der Waals surface area contributed by atoms with E-state index in [0.29, 0.717) is 18.8 Å². The molecule has 0 N–H and O–H groups in total. The molecule has 0 aliphatic carbocycles. The van der Waals surface area contributed by atoms with Gasteiger partial charge in [-0.25, -0.2) is 9.97 Å². The number of nitrogens with zero attached hydrogens (tertiary/aromatic N) is 3. The quantitative estimate of drug-likeness (QED) is 0.828. The van der Waals surface area contributed by atoms with Crippen molar-refractivity contribution in [3.63, 3.8) is 0 Å². The lowest BCUT2D eigenvalue weighted by Gasteiger charge is -2.40. The zero-order valence-electron chi connectivity index (χ0n) is 12.9. The highest BCUT2D eigenvalue weighted by Gasteiger charge is 2.28. The summed E-state index contributed by atoms with van der Waals surface area (Å²) in [7, 11) is 1.67. The lowest BCUT2D eigenvalue weighted by molar-refractivity contribution is 0.0162. The third-order valence-corrected chi connectivity index (χ3v) is 3.75. The van der Waals surface area contributed by atoms with Crippen molar-refractivity contribution in [3.05, 3.63) is 17.6 Å². The van der Waals surface area contributed by atoms with Gasteiger partial charge in [-0.3, -0.25) is 0 Å². The summed E-state index contributed by atoms with van der Waals surface area (Å²) < 4.78 is 11.0. The molecular weight excluding hydrogens is 254 g/mol. The molecule has 0 amide bonds. The molecule has 2 heterocycles. The van der Waals surface area contributed by atoms with Crippen molar-refractivity contribution >= 4 is 5.82 Å². The number of aromatic nitrogens is 2. The van der Waals surface area contributed by atoms with E-state index in [4.69, 9.17) is 9.47 Å². The smallest absolute Gasteiger partial charge is 0.156 e. The number of hydrogen-bond donors (Lipinski definition) is 0. The second-order valence-electron chi connectivity index (χ2n) is 5.29. The van der Waals surface area contributed by atoms with Gasteiger partial charge in [-0.05, 0) is 19.8 Å². The third kappa shape index (κ3) is 3.46. The Morgan fingerprint density at radius 3 is 2.80 bits per heavy atom. The number of aryl methyl sites for hydroxylation is 1. The van der Waals surface area contributed by atoms with Gasteiger partial charge in [0.15, 0.2) is 5.82 Å². The zero-order valence-corrected chi connectivity index (χ0v) is 12.9. The fourth-order valence-corrected chi connectivity index (χ4v) is 2.58. The minimum atomic E-state index is 0.291. The molecule has 2 unspecified atom stereocenters. The molecule has 0 aromatic carbocycles. The van der Waals surface area contributed by atoms with E-state index in [9.17, 15) is 0 Å². The molecule has 2 atom stereocenters. The van der Waals surface area contributed by atoms with Crippen LogP contribution in [0.4, 0.5) is 5.82 Å². The van der Waals surface area contributed by atoms with Gasteiger partial charge in [0.25, 0.3) is 0 Å². The van der Waals surface area contributed by atoms with Crippen LogP contribution in [0.2, 0.25) is 0 Å². The summed E-state index contributed by atoms with van der Waals surface area (Å²) in [5.74, 6) is 1.75. The number of morpholine rings is 1. The number of rotatable bonds is 5. The first-order valence-corrected chi connectivity index (χ1v) is 7.39. The maximum Gasteiger partial charge on any atom is 0.156 e. The highest BCUT2D eigenvalue weighted by Crippen LogP contribution is 2.23. The normalized spacial score (nSPS) is 23.1. The van der Waals surface area contributed by atoms with E-state index in [-0.39, 0.29) is 0 Å². The second-order valence-corrected chi connectivity index (χ2v) is 5.29. The SMILES string of the molecule is CCC1CN(c2cc(C)nc(COC)n2)C(CC)CO1. The van der Waals surface area contributed by atoms with Crippen molar-refractivity contribution in [2.24, 2.45) is 0 Å². The average molecular weight is 279 g/mol. The molecule has 1 aliphatic heterocycles. The topological polar surface area (TPSA) is 47.5 Å². The van der Waals surface area contributed by atoms with Gasteiger partial charge >= 0.3 is 0 Å². The van der Waals surface area contributed by atoms with Crippen LogP contribution in [0.3, 0.4) is 0 Å². The first-order chi connectivity index (χ1) is 9.67. The summed E-state index contributed by atoms with van der Waals surface area (Å²) >= 11 is 0. The van der Waals surface area contributed by atoms with E-state index in [2.05, 4.69) is 34.8 Å². The van der Waals surface area contributed by atoms with Crippen LogP contribution in [0.15, 0.2) is 6.07 Å². The minimum Gasteiger partial charge on any atom is -0.377 e. The van der Waals surface area contributed by atoms with Crippen LogP contribution in [-0.2, 0) is 16.1 Å². The molecule has 2 rings (SSSR count). The Labute approximate surface area is 121 Å². The summed E-state index contributed by atoms with van der Waals surface area (Å²) in [5, 5.41) is 0. The predicted octanol–water partition coefficient (Wildman–Crippen LogP) is 2.33. The van der Waals surface area contributed by atoms with Crippen molar-refractivity contribution < 1.29 is 9.47 Å². The maximum atomic E-state index is 5.88. The van der Waals surface area contributed by atoms with Crippen molar-refractivity contribution in [2.45, 2.75) is 52.4 Å². The van der Waals surface area contributed by atoms with E-state index in [0.717, 1.165) is 43.3 Å². The van der Waals surface area contributed by atoms with Crippen LogP contribution in [-0.4, -0.2) is 42.4 Å². The largest absolute Gasteiger partial charge is 0.377 e. The summed E-state index contributed by atoms with van der Waals surface area (Å²) in [4.78, 5) is 11.4. The standard InChI is InChI=1S/C15H25N3O2/c1-5-12-9-20-13(6-2)8-18(12)15-7-11(3)16-14(17-15)10-19-4/h7,12-13H,5-6,8-10H2,1-4H3. The van der Waals surface area contributed by atoms with Crippen molar-refractivity contribution in [1.29, 1.82) is 0 Å². The van der Waals surface area contributed by atoms with E-state index in [1.54, 1.807) is 7.11 Å². The minimum absolute atomic E-state index is 0.291. The molecule has 5 heteroatoms. The van der Waals surface area contributed by atoms with E-state index >= 15 is 0 Å². The Morgan fingerprint density at radius 1 is 1.35 bits per heavy atom. The molecule has 1 saturated heterocycles. The van der Waals surface area contributed by atoms with E-state index in [1.165, 1.54) is 0 Å².